The molecule has 0 bridgehead atoms. The van der Waals surface area contributed by atoms with Crippen LogP contribution in [0.2, 0.25) is 0 Å². The van der Waals surface area contributed by atoms with Gasteiger partial charge in [-0.15, -0.1) is 11.8 Å². The third-order valence-corrected chi connectivity index (χ3v) is 5.19. The summed E-state index contributed by atoms with van der Waals surface area (Å²) in [5.41, 5.74) is 6.30. The Labute approximate surface area is 148 Å². The Hall–Kier alpha value is -1.73. The Balaban J connectivity index is 2.21. The van der Waals surface area contributed by atoms with Gasteiger partial charge in [-0.3, -0.25) is 9.69 Å². The number of allylic oxidation sites excluding steroid dienone is 2. The van der Waals surface area contributed by atoms with Crippen molar-refractivity contribution in [3.63, 3.8) is 0 Å². The molecule has 1 aromatic heterocycles. The molecule has 1 amide bonds. The van der Waals surface area contributed by atoms with E-state index in [9.17, 15) is 4.79 Å². The number of amides is 1. The predicted octanol–water partition coefficient (Wildman–Crippen LogP) is 2.10. The molecule has 2 N–H and O–H groups in total. The van der Waals surface area contributed by atoms with Gasteiger partial charge in [0.15, 0.2) is 0 Å². The molecule has 0 aromatic carbocycles. The Bertz CT molecular complexity index is 635. The highest BCUT2D eigenvalue weighted by Gasteiger charge is 2.30. The van der Waals surface area contributed by atoms with Gasteiger partial charge < -0.3 is 10.6 Å². The lowest BCUT2D eigenvalue weighted by Crippen LogP contribution is -2.51. The standard InChI is InChI=1S/C17H27N5OS/c1-14-8-10-22(19-14)16(7-5-6-15(18)23)20(4)12-21-13-24-11-9-17(21,2)3/h5-8,10H,9,11-13H2,1-4H3,(H2,18,23)/b6-5+,16-7+. The Morgan fingerprint density at radius 1 is 1.54 bits per heavy atom. The average molecular weight is 350 g/mol. The average Bonchev–Trinajstić information content (AvgIpc) is 2.91. The van der Waals surface area contributed by atoms with Gasteiger partial charge in [0.2, 0.25) is 5.91 Å². The topological polar surface area (TPSA) is 67.4 Å². The quantitative estimate of drug-likeness (QED) is 0.629. The van der Waals surface area contributed by atoms with Gasteiger partial charge >= 0.3 is 0 Å². The van der Waals surface area contributed by atoms with Gasteiger partial charge in [-0.2, -0.15) is 5.10 Å². The molecular weight excluding hydrogens is 322 g/mol. The first kappa shape index (κ1) is 18.6. The first-order valence-electron chi connectivity index (χ1n) is 8.04. The van der Waals surface area contributed by atoms with E-state index in [1.165, 1.54) is 18.2 Å². The number of carbonyl (C=O) groups excluding carboxylic acids is 1. The summed E-state index contributed by atoms with van der Waals surface area (Å²) in [4.78, 5) is 15.6. The second kappa shape index (κ2) is 7.90. The number of thioether (sulfide) groups is 1. The van der Waals surface area contributed by atoms with Gasteiger partial charge in [0, 0.05) is 30.7 Å². The Kier molecular flexibility index (Phi) is 6.12. The first-order valence-corrected chi connectivity index (χ1v) is 9.19. The number of aromatic nitrogens is 2. The van der Waals surface area contributed by atoms with Crippen molar-refractivity contribution in [2.75, 3.05) is 25.3 Å². The molecule has 6 nitrogen and oxygen atoms in total. The monoisotopic (exact) mass is 349 g/mol. The van der Waals surface area contributed by atoms with Gasteiger partial charge in [0.05, 0.1) is 12.4 Å². The van der Waals surface area contributed by atoms with E-state index < -0.39 is 5.91 Å². The molecule has 2 heterocycles. The number of nitrogens with two attached hydrogens (primary N) is 1. The molecule has 132 valence electrons. The summed E-state index contributed by atoms with van der Waals surface area (Å²) >= 11 is 1.96. The van der Waals surface area contributed by atoms with Crippen molar-refractivity contribution in [2.24, 2.45) is 5.73 Å². The van der Waals surface area contributed by atoms with Gasteiger partial charge in [0.25, 0.3) is 0 Å². The second-order valence-electron chi connectivity index (χ2n) is 6.67. The molecule has 1 aromatic rings. The van der Waals surface area contributed by atoms with Crippen molar-refractivity contribution in [1.29, 1.82) is 0 Å². The summed E-state index contributed by atoms with van der Waals surface area (Å²) in [7, 11) is 2.04. The van der Waals surface area contributed by atoms with E-state index in [2.05, 4.69) is 28.7 Å². The predicted molar refractivity (Wildman–Crippen MR) is 100 cm³/mol. The molecule has 0 radical (unpaired) electrons. The summed E-state index contributed by atoms with van der Waals surface area (Å²) in [5.74, 6) is 2.65. The van der Waals surface area contributed by atoms with Gasteiger partial charge in [-0.05, 0) is 45.1 Å². The van der Waals surface area contributed by atoms with Crippen LogP contribution in [0, 0.1) is 6.92 Å². The van der Waals surface area contributed by atoms with Crippen LogP contribution < -0.4 is 5.73 Å². The first-order chi connectivity index (χ1) is 11.3. The molecule has 0 saturated carbocycles. The van der Waals surface area contributed by atoms with Crippen LogP contribution in [0.3, 0.4) is 0 Å². The molecule has 1 aliphatic heterocycles. The largest absolute Gasteiger partial charge is 0.366 e. The van der Waals surface area contributed by atoms with E-state index in [1.54, 1.807) is 6.08 Å². The summed E-state index contributed by atoms with van der Waals surface area (Å²) in [6, 6.07) is 1.96. The molecule has 1 aliphatic rings. The third kappa shape index (κ3) is 4.88. The number of carbonyl (C=O) groups is 1. The van der Waals surface area contributed by atoms with E-state index in [4.69, 9.17) is 5.73 Å². The molecule has 0 atom stereocenters. The molecule has 1 fully saturated rings. The number of rotatable bonds is 6. The normalized spacial score (nSPS) is 18.9. The minimum atomic E-state index is -0.460. The van der Waals surface area contributed by atoms with Crippen LogP contribution in [-0.2, 0) is 4.79 Å². The van der Waals surface area contributed by atoms with Gasteiger partial charge in [-0.1, -0.05) is 6.08 Å². The summed E-state index contributed by atoms with van der Waals surface area (Å²) in [6.07, 6.45) is 7.98. The molecule has 0 aliphatic carbocycles. The molecule has 0 unspecified atom stereocenters. The molecule has 24 heavy (non-hydrogen) atoms. The number of aryl methyl sites for hydroxylation is 1. The number of primary amides is 1. The minimum absolute atomic E-state index is 0.174. The van der Waals surface area contributed by atoms with Crippen molar-refractivity contribution in [3.8, 4) is 0 Å². The molecule has 0 spiro atoms. The zero-order valence-electron chi connectivity index (χ0n) is 14.9. The Morgan fingerprint density at radius 2 is 2.29 bits per heavy atom. The van der Waals surface area contributed by atoms with Crippen LogP contribution in [0.15, 0.2) is 30.5 Å². The van der Waals surface area contributed by atoms with Crippen molar-refractivity contribution in [1.82, 2.24) is 19.6 Å². The van der Waals surface area contributed by atoms with E-state index in [-0.39, 0.29) is 5.54 Å². The number of hydrogen-bond donors (Lipinski definition) is 1. The van der Waals surface area contributed by atoms with Crippen LogP contribution in [0.5, 0.6) is 0 Å². The minimum Gasteiger partial charge on any atom is -0.366 e. The summed E-state index contributed by atoms with van der Waals surface area (Å²) < 4.78 is 1.82. The lowest BCUT2D eigenvalue weighted by Gasteiger charge is -2.44. The second-order valence-corrected chi connectivity index (χ2v) is 7.74. The summed E-state index contributed by atoms with van der Waals surface area (Å²) in [5, 5.41) is 4.49. The summed E-state index contributed by atoms with van der Waals surface area (Å²) in [6.45, 7) is 7.32. The van der Waals surface area contributed by atoms with Crippen LogP contribution in [0.1, 0.15) is 26.0 Å². The SMILES string of the molecule is Cc1ccn(/C(=C/C=C/C(N)=O)N(C)CN2CSCCC2(C)C)n1. The maximum Gasteiger partial charge on any atom is 0.241 e. The van der Waals surface area contributed by atoms with E-state index in [0.717, 1.165) is 24.1 Å². The highest BCUT2D eigenvalue weighted by molar-refractivity contribution is 7.99. The smallest absolute Gasteiger partial charge is 0.241 e. The van der Waals surface area contributed by atoms with E-state index in [1.807, 2.05) is 48.8 Å². The molecule has 7 heteroatoms. The van der Waals surface area contributed by atoms with Crippen LogP contribution in [0.4, 0.5) is 0 Å². The maximum absolute atomic E-state index is 11.0. The Morgan fingerprint density at radius 3 is 2.88 bits per heavy atom. The maximum atomic E-state index is 11.0. The molecular formula is C17H27N5OS. The van der Waals surface area contributed by atoms with Gasteiger partial charge in [-0.25, -0.2) is 4.68 Å². The zero-order valence-corrected chi connectivity index (χ0v) is 15.7. The zero-order chi connectivity index (χ0) is 17.7. The fraction of sp³-hybridized carbons (Fsp3) is 0.529. The lowest BCUT2D eigenvalue weighted by molar-refractivity contribution is -0.113. The fourth-order valence-electron chi connectivity index (χ4n) is 2.54. The van der Waals surface area contributed by atoms with E-state index >= 15 is 0 Å². The molecule has 1 saturated heterocycles. The molecule has 2 rings (SSSR count). The van der Waals surface area contributed by atoms with Crippen molar-refractivity contribution in [3.05, 3.63) is 36.2 Å². The van der Waals surface area contributed by atoms with Crippen molar-refractivity contribution in [2.45, 2.75) is 32.7 Å². The number of hydrogen-bond acceptors (Lipinski definition) is 5. The third-order valence-electron chi connectivity index (χ3n) is 4.20. The van der Waals surface area contributed by atoms with Crippen LogP contribution >= 0.6 is 11.8 Å². The number of nitrogens with zero attached hydrogens (tertiary/aromatic N) is 4. The van der Waals surface area contributed by atoms with Crippen LogP contribution in [-0.4, -0.2) is 56.4 Å². The van der Waals surface area contributed by atoms with Crippen molar-refractivity contribution >= 4 is 23.5 Å². The van der Waals surface area contributed by atoms with Gasteiger partial charge in [0.1, 0.15) is 5.82 Å². The van der Waals surface area contributed by atoms with E-state index in [0.29, 0.717) is 0 Å². The van der Waals surface area contributed by atoms with Crippen molar-refractivity contribution < 1.29 is 4.79 Å². The highest BCUT2D eigenvalue weighted by atomic mass is 32.2. The highest BCUT2D eigenvalue weighted by Crippen LogP contribution is 2.29. The van der Waals surface area contributed by atoms with Crippen LogP contribution in [0.25, 0.3) is 5.82 Å². The lowest BCUT2D eigenvalue weighted by atomic mass is 10.0. The fourth-order valence-corrected chi connectivity index (χ4v) is 3.96.